The predicted octanol–water partition coefficient (Wildman–Crippen LogP) is 2.50. The van der Waals surface area contributed by atoms with Crippen LogP contribution in [0.4, 0.5) is 5.82 Å². The number of hydrogen-bond donors (Lipinski definition) is 1. The van der Waals surface area contributed by atoms with Crippen LogP contribution in [-0.4, -0.2) is 22.7 Å². The van der Waals surface area contributed by atoms with Gasteiger partial charge in [-0.05, 0) is 41.4 Å². The number of halogens is 1. The normalized spacial score (nSPS) is 20.6. The van der Waals surface area contributed by atoms with Gasteiger partial charge in [0.05, 0.1) is 5.69 Å². The average Bonchev–Trinajstić information content (AvgIpc) is 2.53. The lowest BCUT2D eigenvalue weighted by molar-refractivity contribution is -0.117. The van der Waals surface area contributed by atoms with Crippen LogP contribution in [0.25, 0.3) is 0 Å². The van der Waals surface area contributed by atoms with Crippen molar-refractivity contribution >= 4 is 40.3 Å². The first-order valence-corrected chi connectivity index (χ1v) is 6.42. The Hall–Kier alpha value is -0.550. The zero-order valence-electron chi connectivity index (χ0n) is 9.20. The minimum absolute atomic E-state index is 0.105. The fraction of sp³-hybridized carbons (Fsp3) is 0.455. The largest absolute Gasteiger partial charge is 0.296 e. The maximum absolute atomic E-state index is 11.7. The molecule has 0 aliphatic carbocycles. The summed E-state index contributed by atoms with van der Waals surface area (Å²) in [6.45, 7) is 4.58. The van der Waals surface area contributed by atoms with Crippen molar-refractivity contribution in [3.63, 3.8) is 0 Å². The van der Waals surface area contributed by atoms with E-state index in [4.69, 9.17) is 0 Å². The molecule has 0 N–H and O–H groups in total. The minimum Gasteiger partial charge on any atom is -0.296 e. The van der Waals surface area contributed by atoms with Gasteiger partial charge in [0.25, 0.3) is 0 Å². The number of thiol groups is 1. The van der Waals surface area contributed by atoms with Crippen LogP contribution < -0.4 is 4.90 Å². The highest BCUT2D eigenvalue weighted by molar-refractivity contribution is 9.10. The summed E-state index contributed by atoms with van der Waals surface area (Å²) in [7, 11) is 0. The Morgan fingerprint density at radius 1 is 1.56 bits per heavy atom. The molecule has 16 heavy (non-hydrogen) atoms. The summed E-state index contributed by atoms with van der Waals surface area (Å²) in [6.07, 6.45) is 0.499. The molecule has 2 rings (SSSR count). The van der Waals surface area contributed by atoms with Crippen LogP contribution in [0.2, 0.25) is 0 Å². The van der Waals surface area contributed by atoms with Crippen molar-refractivity contribution in [2.45, 2.75) is 25.5 Å². The van der Waals surface area contributed by atoms with E-state index < -0.39 is 0 Å². The van der Waals surface area contributed by atoms with E-state index >= 15 is 0 Å². The molecule has 86 valence electrons. The first-order valence-electron chi connectivity index (χ1n) is 5.11. The number of pyridine rings is 1. The maximum Gasteiger partial charge on any atom is 0.229 e. The summed E-state index contributed by atoms with van der Waals surface area (Å²) in [4.78, 5) is 17.9. The first kappa shape index (κ1) is 11.9. The van der Waals surface area contributed by atoms with E-state index in [-0.39, 0.29) is 11.2 Å². The second-order valence-electron chi connectivity index (χ2n) is 4.06. The number of nitrogens with zero attached hydrogens (tertiary/aromatic N) is 2. The van der Waals surface area contributed by atoms with Crippen molar-refractivity contribution in [2.24, 2.45) is 0 Å². The molecule has 5 heteroatoms. The van der Waals surface area contributed by atoms with Gasteiger partial charge in [0, 0.05) is 22.7 Å². The summed E-state index contributed by atoms with van der Waals surface area (Å²) >= 11 is 7.80. The van der Waals surface area contributed by atoms with Gasteiger partial charge in [0.2, 0.25) is 5.91 Å². The van der Waals surface area contributed by atoms with Crippen LogP contribution in [0.1, 0.15) is 17.7 Å². The van der Waals surface area contributed by atoms with Gasteiger partial charge >= 0.3 is 0 Å². The van der Waals surface area contributed by atoms with E-state index in [9.17, 15) is 4.79 Å². The second-order valence-corrected chi connectivity index (χ2v) is 5.58. The molecule has 1 amide bonds. The number of carbonyl (C=O) groups is 1. The van der Waals surface area contributed by atoms with E-state index in [0.29, 0.717) is 13.0 Å². The van der Waals surface area contributed by atoms with Crippen LogP contribution in [0, 0.1) is 13.8 Å². The van der Waals surface area contributed by atoms with Gasteiger partial charge in [-0.2, -0.15) is 12.6 Å². The van der Waals surface area contributed by atoms with E-state index in [0.717, 1.165) is 21.5 Å². The Labute approximate surface area is 109 Å². The molecule has 1 unspecified atom stereocenters. The molecule has 1 atom stereocenters. The van der Waals surface area contributed by atoms with Crippen LogP contribution in [0.15, 0.2) is 10.5 Å². The van der Waals surface area contributed by atoms with Gasteiger partial charge in [0.1, 0.15) is 5.82 Å². The molecule has 1 aliphatic rings. The Kier molecular flexibility index (Phi) is 3.26. The SMILES string of the molecule is Cc1cc(N2CC(S)CC2=O)nc(C)c1Br. The standard InChI is InChI=1S/C11H13BrN2OS/c1-6-3-9(13-7(2)11(6)12)14-5-8(16)4-10(14)15/h3,8,16H,4-5H2,1-2H3. The third-order valence-corrected chi connectivity index (χ3v) is 4.22. The number of rotatable bonds is 1. The van der Waals surface area contributed by atoms with Crippen LogP contribution in [0.5, 0.6) is 0 Å². The smallest absolute Gasteiger partial charge is 0.229 e. The lowest BCUT2D eigenvalue weighted by atomic mass is 10.2. The molecule has 0 spiro atoms. The van der Waals surface area contributed by atoms with E-state index in [2.05, 4.69) is 33.5 Å². The molecule has 0 bridgehead atoms. The fourth-order valence-electron chi connectivity index (χ4n) is 1.84. The van der Waals surface area contributed by atoms with Gasteiger partial charge in [-0.3, -0.25) is 9.69 Å². The Bertz CT molecular complexity index is 427. The zero-order chi connectivity index (χ0) is 11.9. The van der Waals surface area contributed by atoms with Gasteiger partial charge in [0.15, 0.2) is 0 Å². The molecule has 1 aromatic heterocycles. The lowest BCUT2D eigenvalue weighted by Crippen LogP contribution is -2.26. The molecular formula is C11H13BrN2OS. The van der Waals surface area contributed by atoms with Gasteiger partial charge in [-0.15, -0.1) is 0 Å². The molecule has 1 fully saturated rings. The molecule has 0 saturated carbocycles. The van der Waals surface area contributed by atoms with Gasteiger partial charge < -0.3 is 0 Å². The number of hydrogen-bond acceptors (Lipinski definition) is 3. The summed E-state index contributed by atoms with van der Waals surface area (Å²) < 4.78 is 1.00. The molecule has 0 radical (unpaired) electrons. The first-order chi connectivity index (χ1) is 7.49. The number of carbonyl (C=O) groups excluding carboxylic acids is 1. The molecule has 2 heterocycles. The van der Waals surface area contributed by atoms with Crippen molar-refractivity contribution in [1.82, 2.24) is 4.98 Å². The summed E-state index contributed by atoms with van der Waals surface area (Å²) in [5.41, 5.74) is 2.00. The highest BCUT2D eigenvalue weighted by Crippen LogP contribution is 2.27. The molecule has 3 nitrogen and oxygen atoms in total. The summed E-state index contributed by atoms with van der Waals surface area (Å²) in [5, 5.41) is 0.124. The third kappa shape index (κ3) is 2.11. The van der Waals surface area contributed by atoms with Crippen molar-refractivity contribution in [3.05, 3.63) is 21.8 Å². The number of amides is 1. The molecule has 0 aromatic carbocycles. The van der Waals surface area contributed by atoms with Crippen molar-refractivity contribution in [3.8, 4) is 0 Å². The molecule has 1 aromatic rings. The predicted molar refractivity (Wildman–Crippen MR) is 71.2 cm³/mol. The van der Waals surface area contributed by atoms with E-state index in [1.165, 1.54) is 0 Å². The van der Waals surface area contributed by atoms with Crippen LogP contribution >= 0.6 is 28.6 Å². The van der Waals surface area contributed by atoms with Crippen molar-refractivity contribution in [2.75, 3.05) is 11.4 Å². The van der Waals surface area contributed by atoms with Gasteiger partial charge in [-0.25, -0.2) is 4.98 Å². The molecule has 1 saturated heterocycles. The van der Waals surface area contributed by atoms with Crippen molar-refractivity contribution in [1.29, 1.82) is 0 Å². The van der Waals surface area contributed by atoms with Crippen molar-refractivity contribution < 1.29 is 4.79 Å². The van der Waals surface area contributed by atoms with Crippen LogP contribution in [0.3, 0.4) is 0 Å². The molecule has 1 aliphatic heterocycles. The minimum atomic E-state index is 0.105. The highest BCUT2D eigenvalue weighted by atomic mass is 79.9. The highest BCUT2D eigenvalue weighted by Gasteiger charge is 2.29. The number of aromatic nitrogens is 1. The lowest BCUT2D eigenvalue weighted by Gasteiger charge is -2.17. The fourth-order valence-corrected chi connectivity index (χ4v) is 2.37. The summed E-state index contributed by atoms with van der Waals surface area (Å²) in [5.74, 6) is 0.841. The van der Waals surface area contributed by atoms with E-state index in [1.54, 1.807) is 4.90 Å². The number of anilines is 1. The van der Waals surface area contributed by atoms with E-state index in [1.807, 2.05) is 19.9 Å². The monoisotopic (exact) mass is 300 g/mol. The summed E-state index contributed by atoms with van der Waals surface area (Å²) in [6, 6.07) is 1.93. The zero-order valence-corrected chi connectivity index (χ0v) is 11.7. The van der Waals surface area contributed by atoms with Crippen LogP contribution in [-0.2, 0) is 4.79 Å². The Morgan fingerprint density at radius 3 is 2.75 bits per heavy atom. The molecular weight excluding hydrogens is 288 g/mol. The topological polar surface area (TPSA) is 33.2 Å². The number of aryl methyl sites for hydroxylation is 2. The maximum atomic E-state index is 11.7. The third-order valence-electron chi connectivity index (χ3n) is 2.67. The quantitative estimate of drug-likeness (QED) is 0.809. The average molecular weight is 301 g/mol. The Morgan fingerprint density at radius 2 is 2.25 bits per heavy atom. The van der Waals surface area contributed by atoms with Gasteiger partial charge in [-0.1, -0.05) is 0 Å². The Balaban J connectivity index is 2.38. The second kappa shape index (κ2) is 4.37.